The van der Waals surface area contributed by atoms with Crippen LogP contribution in [0.1, 0.15) is 44.2 Å². The summed E-state index contributed by atoms with van der Waals surface area (Å²) in [6.07, 6.45) is 4.02. The van der Waals surface area contributed by atoms with Gasteiger partial charge in [-0.3, -0.25) is 4.99 Å². The van der Waals surface area contributed by atoms with Gasteiger partial charge in [-0.1, -0.05) is 50.1 Å². The average Bonchev–Trinajstić information content (AvgIpc) is 2.35. The summed E-state index contributed by atoms with van der Waals surface area (Å²) in [4.78, 5) is 4.51. The van der Waals surface area contributed by atoms with Gasteiger partial charge in [-0.15, -0.1) is 0 Å². The van der Waals surface area contributed by atoms with Crippen LogP contribution in [0.2, 0.25) is 0 Å². The maximum absolute atomic E-state index is 5.95. The van der Waals surface area contributed by atoms with Gasteiger partial charge in [0.05, 0.1) is 6.54 Å². The molecule has 1 aromatic carbocycles. The van der Waals surface area contributed by atoms with E-state index in [1.165, 1.54) is 30.4 Å². The molecule has 0 atom stereocenters. The van der Waals surface area contributed by atoms with Crippen LogP contribution in [0.15, 0.2) is 29.3 Å². The van der Waals surface area contributed by atoms with Gasteiger partial charge in [0.25, 0.3) is 0 Å². The minimum atomic E-state index is 0.0104. The maximum atomic E-state index is 5.95. The highest BCUT2D eigenvalue weighted by molar-refractivity contribution is 5.77. The number of nitrogens with two attached hydrogens (primary N) is 1. The molecule has 1 aliphatic carbocycles. The number of aryl methyl sites for hydroxylation is 1. The van der Waals surface area contributed by atoms with Crippen molar-refractivity contribution in [1.29, 1.82) is 0 Å². The quantitative estimate of drug-likeness (QED) is 0.640. The summed E-state index contributed by atoms with van der Waals surface area (Å²) in [5.74, 6) is 1.38. The Kier molecular flexibility index (Phi) is 4.69. The van der Waals surface area contributed by atoms with Crippen molar-refractivity contribution in [3.05, 3.63) is 35.4 Å². The van der Waals surface area contributed by atoms with Crippen LogP contribution in [0.5, 0.6) is 0 Å². The van der Waals surface area contributed by atoms with E-state index in [0.717, 1.165) is 12.5 Å². The molecule has 1 aliphatic rings. The monoisotopic (exact) mass is 273 g/mol. The van der Waals surface area contributed by atoms with E-state index in [9.17, 15) is 0 Å². The summed E-state index contributed by atoms with van der Waals surface area (Å²) in [5, 5.41) is 3.25. The smallest absolute Gasteiger partial charge is 0.188 e. The highest BCUT2D eigenvalue weighted by Gasteiger charge is 2.20. The molecule has 3 nitrogen and oxygen atoms in total. The van der Waals surface area contributed by atoms with Gasteiger partial charge >= 0.3 is 0 Å². The molecule has 1 fully saturated rings. The number of guanidine groups is 1. The number of nitrogens with one attached hydrogen (secondary N) is 1. The maximum Gasteiger partial charge on any atom is 0.188 e. The largest absolute Gasteiger partial charge is 0.370 e. The van der Waals surface area contributed by atoms with Crippen molar-refractivity contribution in [3.63, 3.8) is 0 Å². The topological polar surface area (TPSA) is 50.4 Å². The third kappa shape index (κ3) is 3.99. The molecule has 0 amide bonds. The Balaban J connectivity index is 1.87. The fourth-order valence-corrected chi connectivity index (χ4v) is 2.38. The Labute approximate surface area is 122 Å². The second kappa shape index (κ2) is 6.29. The average molecular weight is 273 g/mol. The minimum absolute atomic E-state index is 0.0104. The van der Waals surface area contributed by atoms with Crippen LogP contribution < -0.4 is 11.1 Å². The molecule has 0 unspecified atom stereocenters. The molecule has 0 aromatic heterocycles. The first-order chi connectivity index (χ1) is 9.47. The summed E-state index contributed by atoms with van der Waals surface area (Å²) in [6, 6.07) is 8.67. The van der Waals surface area contributed by atoms with Crippen LogP contribution in [-0.2, 0) is 5.41 Å². The molecule has 110 valence electrons. The van der Waals surface area contributed by atoms with Crippen molar-refractivity contribution in [2.45, 2.75) is 45.4 Å². The predicted molar refractivity (Wildman–Crippen MR) is 86.0 cm³/mol. The Hall–Kier alpha value is -1.51. The summed E-state index contributed by atoms with van der Waals surface area (Å²) in [7, 11) is 0. The van der Waals surface area contributed by atoms with Gasteiger partial charge in [0.1, 0.15) is 0 Å². The fourth-order valence-electron chi connectivity index (χ4n) is 2.38. The number of hydrogen-bond donors (Lipinski definition) is 2. The van der Waals surface area contributed by atoms with Gasteiger partial charge in [-0.05, 0) is 31.2 Å². The number of rotatable bonds is 5. The van der Waals surface area contributed by atoms with E-state index in [0.29, 0.717) is 12.5 Å². The van der Waals surface area contributed by atoms with Crippen molar-refractivity contribution < 1.29 is 0 Å². The van der Waals surface area contributed by atoms with Gasteiger partial charge in [0.2, 0.25) is 0 Å². The lowest BCUT2D eigenvalue weighted by atomic mass is 9.84. The summed E-state index contributed by atoms with van der Waals surface area (Å²) < 4.78 is 0. The van der Waals surface area contributed by atoms with E-state index >= 15 is 0 Å². The number of hydrogen-bond acceptors (Lipinski definition) is 1. The lowest BCUT2D eigenvalue weighted by molar-refractivity contribution is 0.315. The zero-order valence-electron chi connectivity index (χ0n) is 12.9. The van der Waals surface area contributed by atoms with E-state index in [1.807, 2.05) is 0 Å². The van der Waals surface area contributed by atoms with E-state index in [2.05, 4.69) is 55.3 Å². The van der Waals surface area contributed by atoms with Gasteiger partial charge in [0, 0.05) is 12.0 Å². The number of nitrogens with zero attached hydrogens (tertiary/aromatic N) is 1. The molecule has 1 saturated carbocycles. The molecule has 2 rings (SSSR count). The second-order valence-corrected chi connectivity index (χ2v) is 6.63. The van der Waals surface area contributed by atoms with Crippen LogP contribution >= 0.6 is 0 Å². The molecule has 20 heavy (non-hydrogen) atoms. The Morgan fingerprint density at radius 1 is 1.30 bits per heavy atom. The van der Waals surface area contributed by atoms with Crippen molar-refractivity contribution in [2.24, 2.45) is 16.6 Å². The van der Waals surface area contributed by atoms with Crippen molar-refractivity contribution in [3.8, 4) is 0 Å². The molecular formula is C17H27N3. The summed E-state index contributed by atoms with van der Waals surface area (Å²) >= 11 is 0. The predicted octanol–water partition coefficient (Wildman–Crippen LogP) is 2.98. The standard InChI is InChI=1S/C17H27N3/c1-13-7-9-15(10-8-13)17(2,3)12-20-16(18)19-11-14-5-4-6-14/h7-10,14H,4-6,11-12H2,1-3H3,(H3,18,19,20). The second-order valence-electron chi connectivity index (χ2n) is 6.63. The minimum Gasteiger partial charge on any atom is -0.370 e. The Bertz CT molecular complexity index is 456. The molecular weight excluding hydrogens is 246 g/mol. The first-order valence-electron chi connectivity index (χ1n) is 7.58. The third-order valence-corrected chi connectivity index (χ3v) is 4.27. The Morgan fingerprint density at radius 2 is 1.95 bits per heavy atom. The highest BCUT2D eigenvalue weighted by Crippen LogP contribution is 2.25. The third-order valence-electron chi connectivity index (χ3n) is 4.27. The van der Waals surface area contributed by atoms with E-state index in [1.54, 1.807) is 0 Å². The Morgan fingerprint density at radius 3 is 2.50 bits per heavy atom. The lowest BCUT2D eigenvalue weighted by Gasteiger charge is -2.26. The van der Waals surface area contributed by atoms with Gasteiger partial charge in [-0.25, -0.2) is 0 Å². The van der Waals surface area contributed by atoms with Gasteiger partial charge in [-0.2, -0.15) is 0 Å². The molecule has 0 bridgehead atoms. The fraction of sp³-hybridized carbons (Fsp3) is 0.588. The van der Waals surface area contributed by atoms with Gasteiger partial charge < -0.3 is 11.1 Å². The molecule has 3 N–H and O–H groups in total. The molecule has 0 heterocycles. The summed E-state index contributed by atoms with van der Waals surface area (Å²) in [5.41, 5.74) is 8.55. The number of aliphatic imine (C=N–C) groups is 1. The zero-order valence-corrected chi connectivity index (χ0v) is 12.9. The van der Waals surface area contributed by atoms with Crippen LogP contribution in [0, 0.1) is 12.8 Å². The molecule has 0 radical (unpaired) electrons. The van der Waals surface area contributed by atoms with Crippen LogP contribution in [0.25, 0.3) is 0 Å². The lowest BCUT2D eigenvalue weighted by Crippen LogP contribution is -2.38. The SMILES string of the molecule is Cc1ccc(C(C)(C)CN=C(N)NCC2CCC2)cc1. The van der Waals surface area contributed by atoms with Crippen molar-refractivity contribution in [1.82, 2.24) is 5.32 Å². The van der Waals surface area contributed by atoms with E-state index in [-0.39, 0.29) is 5.41 Å². The van der Waals surface area contributed by atoms with Crippen LogP contribution in [0.3, 0.4) is 0 Å². The molecule has 0 spiro atoms. The van der Waals surface area contributed by atoms with Gasteiger partial charge in [0.15, 0.2) is 5.96 Å². The molecule has 3 heteroatoms. The summed E-state index contributed by atoms with van der Waals surface area (Å²) in [6.45, 7) is 8.21. The van der Waals surface area contributed by atoms with Crippen LogP contribution in [0.4, 0.5) is 0 Å². The normalized spacial score (nSPS) is 16.9. The first kappa shape index (κ1) is 14.9. The molecule has 0 aliphatic heterocycles. The van der Waals surface area contributed by atoms with Crippen molar-refractivity contribution >= 4 is 5.96 Å². The van der Waals surface area contributed by atoms with Crippen LogP contribution in [-0.4, -0.2) is 19.0 Å². The molecule has 0 saturated heterocycles. The zero-order chi connectivity index (χ0) is 14.6. The van der Waals surface area contributed by atoms with E-state index < -0.39 is 0 Å². The number of benzene rings is 1. The first-order valence-corrected chi connectivity index (χ1v) is 7.58. The van der Waals surface area contributed by atoms with Crippen molar-refractivity contribution in [2.75, 3.05) is 13.1 Å². The highest BCUT2D eigenvalue weighted by atomic mass is 15.1. The molecule has 1 aromatic rings. The van der Waals surface area contributed by atoms with E-state index in [4.69, 9.17) is 5.73 Å².